The largest absolute Gasteiger partial charge is 0.446 e. The predicted molar refractivity (Wildman–Crippen MR) is 105 cm³/mol. The molecule has 2 N–H and O–H groups in total. The summed E-state index contributed by atoms with van der Waals surface area (Å²) in [7, 11) is -3.44. The van der Waals surface area contributed by atoms with Gasteiger partial charge in [0.05, 0.1) is 5.75 Å². The summed E-state index contributed by atoms with van der Waals surface area (Å²) in [5, 5.41) is 2.69. The Kier molecular flexibility index (Phi) is 6.47. The maximum absolute atomic E-state index is 12.4. The second-order valence-corrected chi connectivity index (χ2v) is 8.50. The van der Waals surface area contributed by atoms with E-state index in [1.807, 2.05) is 36.4 Å². The van der Waals surface area contributed by atoms with E-state index in [0.717, 1.165) is 24.8 Å². The third kappa shape index (κ3) is 6.37. The van der Waals surface area contributed by atoms with E-state index in [1.54, 1.807) is 24.3 Å². The molecule has 1 aliphatic carbocycles. The third-order valence-corrected chi connectivity index (χ3v) is 5.87. The van der Waals surface area contributed by atoms with Gasteiger partial charge in [-0.2, -0.15) is 0 Å². The first-order valence-corrected chi connectivity index (χ1v) is 10.7. The van der Waals surface area contributed by atoms with E-state index in [4.69, 9.17) is 4.74 Å². The lowest BCUT2D eigenvalue weighted by atomic mass is 9.94. The van der Waals surface area contributed by atoms with Crippen molar-refractivity contribution in [1.82, 2.24) is 4.72 Å². The summed E-state index contributed by atoms with van der Waals surface area (Å²) in [5.74, 6) is -0.0512. The van der Waals surface area contributed by atoms with Gasteiger partial charge >= 0.3 is 6.09 Å². The van der Waals surface area contributed by atoms with Crippen molar-refractivity contribution in [2.75, 3.05) is 5.32 Å². The van der Waals surface area contributed by atoms with Crippen molar-refractivity contribution in [1.29, 1.82) is 0 Å². The fourth-order valence-electron chi connectivity index (χ4n) is 3.27. The zero-order chi connectivity index (χ0) is 19.1. The maximum atomic E-state index is 12.4. The SMILES string of the molecule is O=C(Nc1ccccc1)O[C@H]1CCC[C@@H](NS(=O)(=O)Cc2ccccc2)C1. The molecule has 7 heteroatoms. The molecule has 0 radical (unpaired) electrons. The highest BCUT2D eigenvalue weighted by Crippen LogP contribution is 2.23. The topological polar surface area (TPSA) is 84.5 Å². The van der Waals surface area contributed by atoms with Crippen molar-refractivity contribution in [2.45, 2.75) is 43.6 Å². The van der Waals surface area contributed by atoms with Gasteiger partial charge in [-0.1, -0.05) is 48.5 Å². The fraction of sp³-hybridized carbons (Fsp3) is 0.350. The number of carbonyl (C=O) groups excluding carboxylic acids is 1. The highest BCUT2D eigenvalue weighted by atomic mass is 32.2. The van der Waals surface area contributed by atoms with Crippen LogP contribution in [-0.4, -0.2) is 26.7 Å². The molecule has 144 valence electrons. The quantitative estimate of drug-likeness (QED) is 0.791. The first kappa shape index (κ1) is 19.4. The molecule has 0 spiro atoms. The fourth-order valence-corrected chi connectivity index (χ4v) is 4.71. The lowest BCUT2D eigenvalue weighted by Crippen LogP contribution is -2.41. The van der Waals surface area contributed by atoms with Crippen molar-refractivity contribution in [3.05, 3.63) is 66.2 Å². The van der Waals surface area contributed by atoms with Crippen LogP contribution in [0.3, 0.4) is 0 Å². The van der Waals surface area contributed by atoms with Crippen molar-refractivity contribution in [2.24, 2.45) is 0 Å². The molecular weight excluding hydrogens is 364 g/mol. The van der Waals surface area contributed by atoms with Gasteiger partial charge in [0.1, 0.15) is 6.10 Å². The number of nitrogens with one attached hydrogen (secondary N) is 2. The average Bonchev–Trinajstić information content (AvgIpc) is 2.62. The van der Waals surface area contributed by atoms with Crippen LogP contribution in [0.4, 0.5) is 10.5 Å². The lowest BCUT2D eigenvalue weighted by molar-refractivity contribution is 0.0793. The molecule has 0 bridgehead atoms. The van der Waals surface area contributed by atoms with Crippen molar-refractivity contribution < 1.29 is 17.9 Å². The van der Waals surface area contributed by atoms with Crippen LogP contribution in [0.5, 0.6) is 0 Å². The number of ether oxygens (including phenoxy) is 1. The number of carbonyl (C=O) groups is 1. The van der Waals surface area contributed by atoms with Crippen LogP contribution in [0.1, 0.15) is 31.2 Å². The summed E-state index contributed by atoms with van der Waals surface area (Å²) in [6.45, 7) is 0. The number of benzene rings is 2. The van der Waals surface area contributed by atoms with Gasteiger partial charge in [-0.3, -0.25) is 5.32 Å². The molecule has 2 atom stereocenters. The molecule has 1 fully saturated rings. The molecule has 0 unspecified atom stereocenters. The standard InChI is InChI=1S/C20H24N2O4S/c23-20(21-17-10-5-2-6-11-17)26-19-13-7-12-18(14-19)22-27(24,25)15-16-8-3-1-4-9-16/h1-6,8-11,18-19,22H,7,12-15H2,(H,21,23)/t18-,19+/m1/s1. The molecule has 2 aromatic carbocycles. The minimum atomic E-state index is -3.44. The Morgan fingerprint density at radius 3 is 2.37 bits per heavy atom. The number of para-hydroxylation sites is 1. The van der Waals surface area contributed by atoms with Crippen LogP contribution in [-0.2, 0) is 20.5 Å². The predicted octanol–water partition coefficient (Wildman–Crippen LogP) is 3.67. The molecule has 1 aliphatic rings. The van der Waals surface area contributed by atoms with E-state index in [-0.39, 0.29) is 17.9 Å². The number of sulfonamides is 1. The van der Waals surface area contributed by atoms with E-state index in [2.05, 4.69) is 10.0 Å². The highest BCUT2D eigenvalue weighted by Gasteiger charge is 2.28. The molecule has 3 rings (SSSR count). The van der Waals surface area contributed by atoms with E-state index in [9.17, 15) is 13.2 Å². The Balaban J connectivity index is 1.50. The van der Waals surface area contributed by atoms with Gasteiger partial charge in [0.25, 0.3) is 0 Å². The number of rotatable bonds is 6. The smallest absolute Gasteiger partial charge is 0.411 e. The Labute approximate surface area is 160 Å². The summed E-state index contributed by atoms with van der Waals surface area (Å²) in [4.78, 5) is 12.0. The van der Waals surface area contributed by atoms with Crippen molar-refractivity contribution >= 4 is 21.8 Å². The monoisotopic (exact) mass is 388 g/mol. The van der Waals surface area contributed by atoms with E-state index in [0.29, 0.717) is 12.1 Å². The Hall–Kier alpha value is -2.38. The van der Waals surface area contributed by atoms with Crippen LogP contribution >= 0.6 is 0 Å². The molecule has 1 saturated carbocycles. The zero-order valence-electron chi connectivity index (χ0n) is 15.0. The summed E-state index contributed by atoms with van der Waals surface area (Å²) >= 11 is 0. The third-order valence-electron chi connectivity index (χ3n) is 4.47. The minimum Gasteiger partial charge on any atom is -0.446 e. The van der Waals surface area contributed by atoms with E-state index >= 15 is 0 Å². The van der Waals surface area contributed by atoms with E-state index < -0.39 is 16.1 Å². The number of hydrogen-bond donors (Lipinski definition) is 2. The second kappa shape index (κ2) is 9.01. The average molecular weight is 388 g/mol. The van der Waals surface area contributed by atoms with Gasteiger partial charge in [0.2, 0.25) is 10.0 Å². The number of anilines is 1. The molecule has 0 saturated heterocycles. The van der Waals surface area contributed by atoms with Crippen LogP contribution in [0.15, 0.2) is 60.7 Å². The summed E-state index contributed by atoms with van der Waals surface area (Å²) < 4.78 is 33.0. The van der Waals surface area contributed by atoms with Crippen molar-refractivity contribution in [3.8, 4) is 0 Å². The van der Waals surface area contributed by atoms with Gasteiger partial charge in [-0.25, -0.2) is 17.9 Å². The number of amides is 1. The minimum absolute atomic E-state index is 0.0512. The highest BCUT2D eigenvalue weighted by molar-refractivity contribution is 7.88. The molecule has 27 heavy (non-hydrogen) atoms. The maximum Gasteiger partial charge on any atom is 0.411 e. The summed E-state index contributed by atoms with van der Waals surface area (Å²) in [6, 6.07) is 17.9. The van der Waals surface area contributed by atoms with Gasteiger partial charge in [0, 0.05) is 18.2 Å². The van der Waals surface area contributed by atoms with Crippen LogP contribution in [0, 0.1) is 0 Å². The van der Waals surface area contributed by atoms with Crippen LogP contribution in [0.25, 0.3) is 0 Å². The molecule has 6 nitrogen and oxygen atoms in total. The first-order chi connectivity index (χ1) is 13.0. The molecule has 0 aliphatic heterocycles. The Bertz CT molecular complexity index is 841. The van der Waals surface area contributed by atoms with Gasteiger partial charge in [-0.15, -0.1) is 0 Å². The summed E-state index contributed by atoms with van der Waals surface area (Å²) in [6.07, 6.45) is 1.96. The second-order valence-electron chi connectivity index (χ2n) is 6.74. The van der Waals surface area contributed by atoms with Gasteiger partial charge in [-0.05, 0) is 37.0 Å². The molecule has 0 aromatic heterocycles. The van der Waals surface area contributed by atoms with Crippen LogP contribution in [0.2, 0.25) is 0 Å². The van der Waals surface area contributed by atoms with Gasteiger partial charge in [0.15, 0.2) is 0 Å². The van der Waals surface area contributed by atoms with Crippen LogP contribution < -0.4 is 10.0 Å². The first-order valence-electron chi connectivity index (χ1n) is 9.07. The van der Waals surface area contributed by atoms with Crippen molar-refractivity contribution in [3.63, 3.8) is 0 Å². The lowest BCUT2D eigenvalue weighted by Gasteiger charge is -2.29. The molecule has 0 heterocycles. The summed E-state index contributed by atoms with van der Waals surface area (Å²) in [5.41, 5.74) is 1.41. The molecule has 1 amide bonds. The zero-order valence-corrected chi connectivity index (χ0v) is 15.8. The Morgan fingerprint density at radius 2 is 1.67 bits per heavy atom. The molecule has 2 aromatic rings. The molecular formula is C20H24N2O4S. The number of hydrogen-bond acceptors (Lipinski definition) is 4. The van der Waals surface area contributed by atoms with Gasteiger partial charge < -0.3 is 4.74 Å². The Morgan fingerprint density at radius 1 is 1.00 bits per heavy atom. The normalized spacial score (nSPS) is 20.0. The van der Waals surface area contributed by atoms with E-state index in [1.165, 1.54) is 0 Å².